The summed E-state index contributed by atoms with van der Waals surface area (Å²) in [6.45, 7) is 6.10. The van der Waals surface area contributed by atoms with Crippen LogP contribution in [0.3, 0.4) is 0 Å². The zero-order chi connectivity index (χ0) is 19.0. The Labute approximate surface area is 157 Å². The second-order valence-corrected chi connectivity index (χ2v) is 6.64. The maximum Gasteiger partial charge on any atom is 0.187 e. The highest BCUT2D eigenvalue weighted by molar-refractivity contribution is 5.77. The van der Waals surface area contributed by atoms with Crippen LogP contribution in [0.25, 0.3) is 16.9 Å². The second-order valence-electron chi connectivity index (χ2n) is 6.64. The molecule has 0 fully saturated rings. The van der Waals surface area contributed by atoms with Crippen LogP contribution < -0.4 is 0 Å². The van der Waals surface area contributed by atoms with Gasteiger partial charge in [0.1, 0.15) is 17.0 Å². The standard InChI is InChI=1S/C22H19FN4/c1-14-10-11-15(2)17(13-14)20-22(26-25-19-9-5-4-8-18(19)23)27-12-6-7-16(3)21(27)24-20/h4-13H,1-3H3. The van der Waals surface area contributed by atoms with E-state index in [0.29, 0.717) is 5.82 Å². The smallest absolute Gasteiger partial charge is 0.187 e. The zero-order valence-corrected chi connectivity index (χ0v) is 15.4. The highest BCUT2D eigenvalue weighted by Gasteiger charge is 2.17. The number of halogens is 1. The number of aryl methyl sites for hydroxylation is 3. The Kier molecular flexibility index (Phi) is 4.28. The van der Waals surface area contributed by atoms with Crippen molar-refractivity contribution < 1.29 is 4.39 Å². The molecule has 2 aromatic carbocycles. The number of fused-ring (bicyclic) bond motifs is 1. The number of rotatable bonds is 3. The summed E-state index contributed by atoms with van der Waals surface area (Å²) in [5.74, 6) is 0.185. The van der Waals surface area contributed by atoms with Crippen molar-refractivity contribution >= 4 is 17.2 Å². The molecule has 2 aromatic heterocycles. The Morgan fingerprint density at radius 1 is 0.889 bits per heavy atom. The largest absolute Gasteiger partial charge is 0.282 e. The van der Waals surface area contributed by atoms with E-state index in [1.54, 1.807) is 18.2 Å². The third-order valence-electron chi connectivity index (χ3n) is 4.57. The monoisotopic (exact) mass is 358 g/mol. The van der Waals surface area contributed by atoms with Crippen molar-refractivity contribution in [3.8, 4) is 11.3 Å². The van der Waals surface area contributed by atoms with Crippen molar-refractivity contribution in [2.24, 2.45) is 10.2 Å². The summed E-state index contributed by atoms with van der Waals surface area (Å²) in [6, 6.07) is 16.5. The first kappa shape index (κ1) is 17.1. The van der Waals surface area contributed by atoms with Crippen molar-refractivity contribution in [3.63, 3.8) is 0 Å². The van der Waals surface area contributed by atoms with Gasteiger partial charge in [-0.1, -0.05) is 35.9 Å². The van der Waals surface area contributed by atoms with Crippen LogP contribution in [-0.4, -0.2) is 9.38 Å². The Morgan fingerprint density at radius 2 is 1.70 bits per heavy atom. The molecule has 134 valence electrons. The second kappa shape index (κ2) is 6.76. The van der Waals surface area contributed by atoms with Gasteiger partial charge in [-0.05, 0) is 56.2 Å². The first-order valence-corrected chi connectivity index (χ1v) is 8.76. The average Bonchev–Trinajstić information content (AvgIpc) is 3.03. The maximum absolute atomic E-state index is 14.0. The number of hydrogen-bond acceptors (Lipinski definition) is 3. The molecule has 0 bridgehead atoms. The predicted octanol–water partition coefficient (Wildman–Crippen LogP) is 6.48. The highest BCUT2D eigenvalue weighted by atomic mass is 19.1. The zero-order valence-electron chi connectivity index (χ0n) is 15.4. The number of imidazole rings is 1. The van der Waals surface area contributed by atoms with Gasteiger partial charge in [0.15, 0.2) is 11.6 Å². The predicted molar refractivity (Wildman–Crippen MR) is 105 cm³/mol. The molecule has 0 saturated heterocycles. The molecule has 4 rings (SSSR count). The lowest BCUT2D eigenvalue weighted by Gasteiger charge is -2.05. The van der Waals surface area contributed by atoms with E-state index in [0.717, 1.165) is 33.6 Å². The first-order valence-electron chi connectivity index (χ1n) is 8.76. The van der Waals surface area contributed by atoms with Gasteiger partial charge in [-0.15, -0.1) is 10.2 Å². The Bertz CT molecular complexity index is 1170. The lowest BCUT2D eigenvalue weighted by Crippen LogP contribution is -1.86. The molecule has 27 heavy (non-hydrogen) atoms. The summed E-state index contributed by atoms with van der Waals surface area (Å²) in [5, 5.41) is 8.55. The minimum Gasteiger partial charge on any atom is -0.282 e. The van der Waals surface area contributed by atoms with Gasteiger partial charge in [0.2, 0.25) is 0 Å². The van der Waals surface area contributed by atoms with Gasteiger partial charge in [0.05, 0.1) is 0 Å². The van der Waals surface area contributed by atoms with E-state index >= 15 is 0 Å². The third-order valence-corrected chi connectivity index (χ3v) is 4.57. The van der Waals surface area contributed by atoms with Crippen LogP contribution in [0.15, 0.2) is 71.0 Å². The fraction of sp³-hybridized carbons (Fsp3) is 0.136. The van der Waals surface area contributed by atoms with Crippen molar-refractivity contribution in [1.29, 1.82) is 0 Å². The van der Waals surface area contributed by atoms with Crippen molar-refractivity contribution in [1.82, 2.24) is 9.38 Å². The topological polar surface area (TPSA) is 42.0 Å². The summed E-state index contributed by atoms with van der Waals surface area (Å²) in [5.41, 5.74) is 6.04. The van der Waals surface area contributed by atoms with E-state index in [1.807, 2.05) is 43.5 Å². The van der Waals surface area contributed by atoms with Crippen molar-refractivity contribution in [2.45, 2.75) is 20.8 Å². The molecule has 4 aromatic rings. The first-order chi connectivity index (χ1) is 13.0. The number of pyridine rings is 1. The molecule has 0 N–H and O–H groups in total. The van der Waals surface area contributed by atoms with Gasteiger partial charge in [-0.2, -0.15) is 0 Å². The fourth-order valence-electron chi connectivity index (χ4n) is 3.09. The van der Waals surface area contributed by atoms with E-state index in [2.05, 4.69) is 28.4 Å². The number of benzene rings is 2. The maximum atomic E-state index is 14.0. The van der Waals surface area contributed by atoms with Crippen LogP contribution in [0.4, 0.5) is 15.9 Å². The number of nitrogens with zero attached hydrogens (tertiary/aromatic N) is 4. The van der Waals surface area contributed by atoms with Crippen molar-refractivity contribution in [3.05, 3.63) is 83.3 Å². The van der Waals surface area contributed by atoms with Crippen LogP contribution >= 0.6 is 0 Å². The summed E-state index contributed by atoms with van der Waals surface area (Å²) < 4.78 is 15.9. The van der Waals surface area contributed by atoms with Gasteiger partial charge in [0.25, 0.3) is 0 Å². The van der Waals surface area contributed by atoms with Crippen LogP contribution in [0.5, 0.6) is 0 Å². The molecule has 0 aliphatic carbocycles. The van der Waals surface area contributed by atoms with Gasteiger partial charge in [-0.3, -0.25) is 4.40 Å². The van der Waals surface area contributed by atoms with Gasteiger partial charge >= 0.3 is 0 Å². The van der Waals surface area contributed by atoms with E-state index < -0.39 is 5.82 Å². The Balaban J connectivity index is 1.96. The summed E-state index contributed by atoms with van der Waals surface area (Å²) >= 11 is 0. The van der Waals surface area contributed by atoms with Crippen LogP contribution in [-0.2, 0) is 0 Å². The minimum atomic E-state index is -0.403. The fourth-order valence-corrected chi connectivity index (χ4v) is 3.09. The molecule has 0 aliphatic heterocycles. The molecule has 0 atom stereocenters. The lowest BCUT2D eigenvalue weighted by molar-refractivity contribution is 0.628. The molecule has 2 heterocycles. The molecule has 4 nitrogen and oxygen atoms in total. The van der Waals surface area contributed by atoms with Gasteiger partial charge < -0.3 is 0 Å². The van der Waals surface area contributed by atoms with Gasteiger partial charge in [-0.25, -0.2) is 9.37 Å². The summed E-state index contributed by atoms with van der Waals surface area (Å²) in [6.07, 6.45) is 1.90. The number of azo groups is 1. The average molecular weight is 358 g/mol. The molecule has 5 heteroatoms. The lowest BCUT2D eigenvalue weighted by atomic mass is 10.0. The molecule has 0 aliphatic rings. The molecular formula is C22H19FN4. The molecule has 0 saturated carbocycles. The normalized spacial score (nSPS) is 11.6. The Morgan fingerprint density at radius 3 is 2.52 bits per heavy atom. The molecular weight excluding hydrogens is 339 g/mol. The minimum absolute atomic E-state index is 0.201. The Hall–Kier alpha value is -3.34. The number of hydrogen-bond donors (Lipinski definition) is 0. The molecule has 0 spiro atoms. The van der Waals surface area contributed by atoms with E-state index in [9.17, 15) is 4.39 Å². The van der Waals surface area contributed by atoms with Crippen molar-refractivity contribution in [2.75, 3.05) is 0 Å². The van der Waals surface area contributed by atoms with Crippen LogP contribution in [0, 0.1) is 26.6 Å². The van der Waals surface area contributed by atoms with Crippen LogP contribution in [0.2, 0.25) is 0 Å². The molecule has 0 unspecified atom stereocenters. The highest BCUT2D eigenvalue weighted by Crippen LogP contribution is 2.35. The summed E-state index contributed by atoms with van der Waals surface area (Å²) in [7, 11) is 0. The molecule has 0 amide bonds. The third kappa shape index (κ3) is 3.12. The van der Waals surface area contributed by atoms with Gasteiger partial charge in [0, 0.05) is 11.8 Å². The van der Waals surface area contributed by atoms with E-state index in [1.165, 1.54) is 6.07 Å². The number of aromatic nitrogens is 2. The summed E-state index contributed by atoms with van der Waals surface area (Å²) in [4.78, 5) is 4.83. The van der Waals surface area contributed by atoms with Crippen LogP contribution in [0.1, 0.15) is 16.7 Å². The quantitative estimate of drug-likeness (QED) is 0.386. The van der Waals surface area contributed by atoms with E-state index in [-0.39, 0.29) is 5.69 Å². The SMILES string of the molecule is Cc1ccc(C)c(-c2nc3c(C)cccn3c2N=Nc2ccccc2F)c1. The van der Waals surface area contributed by atoms with E-state index in [4.69, 9.17) is 4.98 Å². The molecule has 0 radical (unpaired) electrons.